The van der Waals surface area contributed by atoms with Crippen molar-refractivity contribution in [1.82, 2.24) is 4.98 Å². The van der Waals surface area contributed by atoms with Crippen LogP contribution in [0.3, 0.4) is 0 Å². The van der Waals surface area contributed by atoms with Gasteiger partial charge in [0, 0.05) is 6.20 Å². The van der Waals surface area contributed by atoms with Crippen molar-refractivity contribution in [2.75, 3.05) is 6.61 Å². The standard InChI is InChI=1S/C15H17FN2O/c1-2-6-19-14-5-3-4-11(8-14)15(17)12-7-13(16)10-18-9-12/h3-5,7-10,15H,2,6,17H2,1H3. The van der Waals surface area contributed by atoms with Crippen LogP contribution in [0.25, 0.3) is 0 Å². The van der Waals surface area contributed by atoms with Gasteiger partial charge in [0.1, 0.15) is 11.6 Å². The second-order valence-electron chi connectivity index (χ2n) is 4.34. The van der Waals surface area contributed by atoms with Crippen molar-refractivity contribution >= 4 is 0 Å². The molecule has 2 rings (SSSR count). The fourth-order valence-electron chi connectivity index (χ4n) is 1.81. The lowest BCUT2D eigenvalue weighted by atomic mass is 10.0. The Morgan fingerprint density at radius 2 is 2.11 bits per heavy atom. The number of nitrogens with zero attached hydrogens (tertiary/aromatic N) is 1. The molecule has 0 fully saturated rings. The number of hydrogen-bond acceptors (Lipinski definition) is 3. The number of aromatic nitrogens is 1. The summed E-state index contributed by atoms with van der Waals surface area (Å²) in [6.07, 6.45) is 3.69. The third kappa shape index (κ3) is 3.51. The zero-order valence-corrected chi connectivity index (χ0v) is 10.8. The van der Waals surface area contributed by atoms with E-state index in [-0.39, 0.29) is 5.82 Å². The van der Waals surface area contributed by atoms with Gasteiger partial charge in [0.25, 0.3) is 0 Å². The number of rotatable bonds is 5. The quantitative estimate of drug-likeness (QED) is 0.898. The Morgan fingerprint density at radius 1 is 1.26 bits per heavy atom. The molecule has 1 unspecified atom stereocenters. The zero-order chi connectivity index (χ0) is 13.7. The summed E-state index contributed by atoms with van der Waals surface area (Å²) in [5.41, 5.74) is 7.64. The Morgan fingerprint density at radius 3 is 2.84 bits per heavy atom. The van der Waals surface area contributed by atoms with E-state index in [0.717, 1.165) is 23.9 Å². The number of pyridine rings is 1. The van der Waals surface area contributed by atoms with E-state index in [1.807, 2.05) is 31.2 Å². The zero-order valence-electron chi connectivity index (χ0n) is 10.8. The van der Waals surface area contributed by atoms with Gasteiger partial charge in [-0.2, -0.15) is 0 Å². The summed E-state index contributed by atoms with van der Waals surface area (Å²) in [7, 11) is 0. The number of hydrogen-bond donors (Lipinski definition) is 1. The average Bonchev–Trinajstić information content (AvgIpc) is 2.44. The average molecular weight is 260 g/mol. The van der Waals surface area contributed by atoms with E-state index in [9.17, 15) is 4.39 Å². The summed E-state index contributed by atoms with van der Waals surface area (Å²) < 4.78 is 18.7. The maximum Gasteiger partial charge on any atom is 0.141 e. The van der Waals surface area contributed by atoms with Crippen LogP contribution in [0, 0.1) is 5.82 Å². The van der Waals surface area contributed by atoms with Gasteiger partial charge < -0.3 is 10.5 Å². The third-order valence-electron chi connectivity index (χ3n) is 2.78. The van der Waals surface area contributed by atoms with Crippen molar-refractivity contribution in [1.29, 1.82) is 0 Å². The lowest BCUT2D eigenvalue weighted by Gasteiger charge is -2.13. The fourth-order valence-corrected chi connectivity index (χ4v) is 1.81. The number of benzene rings is 1. The molecule has 0 saturated carbocycles. The Hall–Kier alpha value is -1.94. The van der Waals surface area contributed by atoms with Crippen molar-refractivity contribution in [3.8, 4) is 5.75 Å². The monoisotopic (exact) mass is 260 g/mol. The van der Waals surface area contributed by atoms with Gasteiger partial charge in [0.2, 0.25) is 0 Å². The number of nitrogens with two attached hydrogens (primary N) is 1. The van der Waals surface area contributed by atoms with Crippen molar-refractivity contribution < 1.29 is 9.13 Å². The Labute approximate surface area is 112 Å². The summed E-state index contributed by atoms with van der Waals surface area (Å²) in [6.45, 7) is 2.72. The maximum atomic E-state index is 13.1. The molecule has 0 aliphatic rings. The topological polar surface area (TPSA) is 48.1 Å². The lowest BCUT2D eigenvalue weighted by Crippen LogP contribution is -2.12. The van der Waals surface area contributed by atoms with Crippen molar-refractivity contribution in [2.45, 2.75) is 19.4 Å². The first-order chi connectivity index (χ1) is 9.20. The van der Waals surface area contributed by atoms with E-state index in [0.29, 0.717) is 12.2 Å². The minimum Gasteiger partial charge on any atom is -0.494 e. The van der Waals surface area contributed by atoms with Crippen LogP contribution in [0.1, 0.15) is 30.5 Å². The van der Waals surface area contributed by atoms with Gasteiger partial charge in [-0.1, -0.05) is 19.1 Å². The van der Waals surface area contributed by atoms with Gasteiger partial charge in [-0.3, -0.25) is 4.98 Å². The van der Waals surface area contributed by atoms with Crippen LogP contribution in [-0.2, 0) is 0 Å². The predicted octanol–water partition coefficient (Wildman–Crippen LogP) is 3.06. The van der Waals surface area contributed by atoms with Crippen LogP contribution < -0.4 is 10.5 Å². The maximum absolute atomic E-state index is 13.1. The van der Waals surface area contributed by atoms with Gasteiger partial charge in [-0.05, 0) is 35.7 Å². The molecule has 100 valence electrons. The summed E-state index contributed by atoms with van der Waals surface area (Å²) >= 11 is 0. The molecular formula is C15H17FN2O. The van der Waals surface area contributed by atoms with Crippen molar-refractivity contribution in [3.05, 3.63) is 59.7 Å². The van der Waals surface area contributed by atoms with Gasteiger partial charge in [0.05, 0.1) is 18.8 Å². The lowest BCUT2D eigenvalue weighted by molar-refractivity contribution is 0.317. The molecule has 0 aliphatic heterocycles. The molecule has 0 spiro atoms. The molecule has 1 aromatic carbocycles. The van der Waals surface area contributed by atoms with E-state index in [4.69, 9.17) is 10.5 Å². The molecule has 0 radical (unpaired) electrons. The Bertz CT molecular complexity index is 545. The first-order valence-electron chi connectivity index (χ1n) is 6.29. The molecule has 0 aliphatic carbocycles. The molecule has 0 bridgehead atoms. The van der Waals surface area contributed by atoms with E-state index in [1.54, 1.807) is 6.20 Å². The van der Waals surface area contributed by atoms with E-state index >= 15 is 0 Å². The smallest absolute Gasteiger partial charge is 0.141 e. The number of ether oxygens (including phenoxy) is 1. The molecule has 2 aromatic rings. The summed E-state index contributed by atoms with van der Waals surface area (Å²) in [6, 6.07) is 8.54. The second kappa shape index (κ2) is 6.29. The SMILES string of the molecule is CCCOc1cccc(C(N)c2cncc(F)c2)c1. The molecule has 1 heterocycles. The molecule has 4 heteroatoms. The summed E-state index contributed by atoms with van der Waals surface area (Å²) in [4.78, 5) is 3.82. The molecule has 2 N–H and O–H groups in total. The van der Waals surface area contributed by atoms with E-state index in [2.05, 4.69) is 4.98 Å². The first-order valence-corrected chi connectivity index (χ1v) is 6.29. The highest BCUT2D eigenvalue weighted by molar-refractivity contribution is 5.35. The highest BCUT2D eigenvalue weighted by Crippen LogP contribution is 2.23. The molecule has 1 aromatic heterocycles. The van der Waals surface area contributed by atoms with Crippen LogP contribution in [0.5, 0.6) is 5.75 Å². The summed E-state index contributed by atoms with van der Waals surface area (Å²) in [5, 5.41) is 0. The van der Waals surface area contributed by atoms with Gasteiger partial charge in [0.15, 0.2) is 0 Å². The van der Waals surface area contributed by atoms with E-state index in [1.165, 1.54) is 6.07 Å². The molecule has 19 heavy (non-hydrogen) atoms. The van der Waals surface area contributed by atoms with Crippen molar-refractivity contribution in [3.63, 3.8) is 0 Å². The summed E-state index contributed by atoms with van der Waals surface area (Å²) in [5.74, 6) is 0.394. The first kappa shape index (κ1) is 13.5. The molecule has 0 amide bonds. The normalized spacial score (nSPS) is 12.2. The molecule has 3 nitrogen and oxygen atoms in total. The van der Waals surface area contributed by atoms with Crippen molar-refractivity contribution in [2.24, 2.45) is 5.73 Å². The largest absolute Gasteiger partial charge is 0.494 e. The van der Waals surface area contributed by atoms with E-state index < -0.39 is 6.04 Å². The molecular weight excluding hydrogens is 243 g/mol. The van der Waals surface area contributed by atoms with Crippen LogP contribution in [0.4, 0.5) is 4.39 Å². The third-order valence-corrected chi connectivity index (χ3v) is 2.78. The van der Waals surface area contributed by atoms with Gasteiger partial charge >= 0.3 is 0 Å². The Balaban J connectivity index is 2.21. The van der Waals surface area contributed by atoms with Crippen LogP contribution in [0.2, 0.25) is 0 Å². The molecule has 0 saturated heterocycles. The minimum atomic E-state index is -0.409. The predicted molar refractivity (Wildman–Crippen MR) is 72.5 cm³/mol. The highest BCUT2D eigenvalue weighted by atomic mass is 19.1. The minimum absolute atomic E-state index is 0.383. The number of halogens is 1. The Kier molecular flexibility index (Phi) is 4.47. The van der Waals surface area contributed by atoms with Crippen LogP contribution in [0.15, 0.2) is 42.7 Å². The van der Waals surface area contributed by atoms with Gasteiger partial charge in [-0.15, -0.1) is 0 Å². The fraction of sp³-hybridized carbons (Fsp3) is 0.267. The van der Waals surface area contributed by atoms with Crippen LogP contribution >= 0.6 is 0 Å². The highest BCUT2D eigenvalue weighted by Gasteiger charge is 2.11. The van der Waals surface area contributed by atoms with Crippen LogP contribution in [-0.4, -0.2) is 11.6 Å². The second-order valence-corrected chi connectivity index (χ2v) is 4.34. The molecule has 1 atom stereocenters. The van der Waals surface area contributed by atoms with Gasteiger partial charge in [-0.25, -0.2) is 4.39 Å².